The lowest BCUT2D eigenvalue weighted by Crippen LogP contribution is -2.19. The van der Waals surface area contributed by atoms with Crippen LogP contribution in [0.5, 0.6) is 17.2 Å². The smallest absolute Gasteiger partial charge is 0.161 e. The summed E-state index contributed by atoms with van der Waals surface area (Å²) < 4.78 is 16.7. The Morgan fingerprint density at radius 2 is 1.80 bits per heavy atom. The molecular weight excluding hydrogens is 314 g/mol. The van der Waals surface area contributed by atoms with E-state index >= 15 is 0 Å². The van der Waals surface area contributed by atoms with Crippen molar-refractivity contribution in [2.75, 3.05) is 33.4 Å². The van der Waals surface area contributed by atoms with E-state index in [4.69, 9.17) is 14.2 Å². The zero-order valence-corrected chi connectivity index (χ0v) is 14.9. The Bertz CT molecular complexity index is 710. The van der Waals surface area contributed by atoms with E-state index in [0.29, 0.717) is 19.8 Å². The van der Waals surface area contributed by atoms with Crippen molar-refractivity contribution in [3.63, 3.8) is 0 Å². The molecule has 0 atom stereocenters. The monoisotopic (exact) mass is 339 g/mol. The summed E-state index contributed by atoms with van der Waals surface area (Å²) in [6.07, 6.45) is 4.31. The largest absolute Gasteiger partial charge is 0.494 e. The second-order valence-corrected chi connectivity index (χ2v) is 6.08. The molecule has 2 aromatic carbocycles. The lowest BCUT2D eigenvalue weighted by Gasteiger charge is -2.20. The van der Waals surface area contributed by atoms with Gasteiger partial charge in [-0.3, -0.25) is 4.90 Å². The van der Waals surface area contributed by atoms with Gasteiger partial charge < -0.3 is 14.2 Å². The van der Waals surface area contributed by atoms with Crippen LogP contribution in [0.4, 0.5) is 0 Å². The molecule has 0 aliphatic carbocycles. The van der Waals surface area contributed by atoms with Crippen LogP contribution in [0.15, 0.2) is 48.5 Å². The zero-order valence-electron chi connectivity index (χ0n) is 14.9. The molecule has 0 spiro atoms. The van der Waals surface area contributed by atoms with Crippen LogP contribution in [0, 0.1) is 0 Å². The molecule has 0 N–H and O–H groups in total. The number of ether oxygens (including phenoxy) is 3. The van der Waals surface area contributed by atoms with Gasteiger partial charge in [-0.2, -0.15) is 0 Å². The van der Waals surface area contributed by atoms with Crippen LogP contribution in [0.25, 0.3) is 6.08 Å². The topological polar surface area (TPSA) is 30.9 Å². The minimum absolute atomic E-state index is 0.622. The van der Waals surface area contributed by atoms with Crippen LogP contribution >= 0.6 is 0 Å². The average molecular weight is 339 g/mol. The molecule has 0 aromatic heterocycles. The Hall–Kier alpha value is -2.46. The Morgan fingerprint density at radius 3 is 2.56 bits per heavy atom. The summed E-state index contributed by atoms with van der Waals surface area (Å²) in [4.78, 5) is 2.26. The Kier molecular flexibility index (Phi) is 5.96. The molecular formula is C21H25NO3. The normalized spacial score (nSPS) is 13.4. The van der Waals surface area contributed by atoms with Crippen molar-refractivity contribution in [2.24, 2.45) is 0 Å². The van der Waals surface area contributed by atoms with E-state index in [1.54, 1.807) is 0 Å². The van der Waals surface area contributed by atoms with Crippen molar-refractivity contribution in [3.8, 4) is 17.2 Å². The van der Waals surface area contributed by atoms with E-state index in [2.05, 4.69) is 48.4 Å². The second-order valence-electron chi connectivity index (χ2n) is 6.08. The van der Waals surface area contributed by atoms with E-state index in [0.717, 1.165) is 30.3 Å². The highest BCUT2D eigenvalue weighted by Crippen LogP contribution is 2.31. The molecule has 0 unspecified atom stereocenters. The summed E-state index contributed by atoms with van der Waals surface area (Å²) >= 11 is 0. The first-order chi connectivity index (χ1) is 12.2. The number of fused-ring (bicyclic) bond motifs is 1. The maximum Gasteiger partial charge on any atom is 0.161 e. The minimum atomic E-state index is 0.622. The summed E-state index contributed by atoms with van der Waals surface area (Å²) in [6, 6.07) is 14.3. The molecule has 4 heteroatoms. The third-order valence-corrected chi connectivity index (χ3v) is 3.98. The first kappa shape index (κ1) is 17.4. The van der Waals surface area contributed by atoms with Crippen molar-refractivity contribution in [1.82, 2.24) is 4.90 Å². The molecule has 4 nitrogen and oxygen atoms in total. The van der Waals surface area contributed by atoms with Gasteiger partial charge >= 0.3 is 0 Å². The first-order valence-electron chi connectivity index (χ1n) is 8.71. The molecule has 132 valence electrons. The molecule has 0 bridgehead atoms. The van der Waals surface area contributed by atoms with Gasteiger partial charge in [-0.15, -0.1) is 0 Å². The van der Waals surface area contributed by atoms with E-state index in [1.165, 1.54) is 11.1 Å². The van der Waals surface area contributed by atoms with Crippen LogP contribution < -0.4 is 14.2 Å². The van der Waals surface area contributed by atoms with Crippen LogP contribution in [-0.4, -0.2) is 38.3 Å². The van der Waals surface area contributed by atoms with Crippen molar-refractivity contribution in [3.05, 3.63) is 59.7 Å². The van der Waals surface area contributed by atoms with Gasteiger partial charge in [0.25, 0.3) is 0 Å². The van der Waals surface area contributed by atoms with E-state index < -0.39 is 0 Å². The molecule has 1 aliphatic heterocycles. The van der Waals surface area contributed by atoms with Gasteiger partial charge in [-0.1, -0.05) is 30.4 Å². The van der Waals surface area contributed by atoms with Gasteiger partial charge in [0.1, 0.15) is 19.0 Å². The zero-order chi connectivity index (χ0) is 17.5. The maximum absolute atomic E-state index is 5.64. The van der Waals surface area contributed by atoms with Crippen molar-refractivity contribution in [1.29, 1.82) is 0 Å². The highest BCUT2D eigenvalue weighted by Gasteiger charge is 2.12. The summed E-state index contributed by atoms with van der Waals surface area (Å²) in [7, 11) is 2.11. The predicted octanol–water partition coefficient (Wildman–Crippen LogP) is 4.00. The fraction of sp³-hybridized carbons (Fsp3) is 0.333. The summed E-state index contributed by atoms with van der Waals surface area (Å²) in [5, 5.41) is 0. The van der Waals surface area contributed by atoms with Crippen LogP contribution in [0.1, 0.15) is 18.1 Å². The minimum Gasteiger partial charge on any atom is -0.494 e. The van der Waals surface area contributed by atoms with E-state index in [-0.39, 0.29) is 0 Å². The van der Waals surface area contributed by atoms with Gasteiger partial charge in [-0.25, -0.2) is 0 Å². The van der Waals surface area contributed by atoms with Crippen molar-refractivity contribution in [2.45, 2.75) is 13.5 Å². The fourth-order valence-corrected chi connectivity index (χ4v) is 2.77. The second kappa shape index (κ2) is 8.58. The van der Waals surface area contributed by atoms with Crippen LogP contribution in [0.2, 0.25) is 0 Å². The number of hydrogen-bond donors (Lipinski definition) is 0. The molecule has 0 saturated heterocycles. The standard InChI is InChI=1S/C21H25NO3/c1-3-23-19-9-6-17(7-10-19)5-4-12-22(2)16-18-8-11-20-21(15-18)25-14-13-24-20/h4-11,15H,3,12-14,16H2,1-2H3/b5-4+. The summed E-state index contributed by atoms with van der Waals surface area (Å²) in [6.45, 7) is 5.68. The number of likely N-dealkylation sites (N-methyl/N-ethyl adjacent to an activating group) is 1. The molecule has 0 amide bonds. The molecule has 1 aliphatic rings. The Balaban J connectivity index is 1.51. The van der Waals surface area contributed by atoms with Gasteiger partial charge in [0.2, 0.25) is 0 Å². The average Bonchev–Trinajstić information content (AvgIpc) is 2.63. The lowest BCUT2D eigenvalue weighted by atomic mass is 10.1. The fourth-order valence-electron chi connectivity index (χ4n) is 2.77. The number of hydrogen-bond acceptors (Lipinski definition) is 4. The predicted molar refractivity (Wildman–Crippen MR) is 100 cm³/mol. The molecule has 1 heterocycles. The SMILES string of the molecule is CCOc1ccc(/C=C/CN(C)Cc2ccc3c(c2)OCCO3)cc1. The lowest BCUT2D eigenvalue weighted by molar-refractivity contribution is 0.171. The molecule has 0 fully saturated rings. The number of rotatable bonds is 7. The van der Waals surface area contributed by atoms with E-state index in [1.807, 2.05) is 25.1 Å². The third kappa shape index (κ3) is 5.00. The molecule has 3 rings (SSSR count). The van der Waals surface area contributed by atoms with Crippen LogP contribution in [0.3, 0.4) is 0 Å². The first-order valence-corrected chi connectivity index (χ1v) is 8.71. The van der Waals surface area contributed by atoms with Gasteiger partial charge in [0.15, 0.2) is 11.5 Å². The van der Waals surface area contributed by atoms with Crippen LogP contribution in [-0.2, 0) is 6.54 Å². The summed E-state index contributed by atoms with van der Waals surface area (Å²) in [5.41, 5.74) is 2.40. The maximum atomic E-state index is 5.64. The Labute approximate surface area is 149 Å². The van der Waals surface area contributed by atoms with Crippen molar-refractivity contribution < 1.29 is 14.2 Å². The molecule has 0 radical (unpaired) electrons. The highest BCUT2D eigenvalue weighted by atomic mass is 16.6. The number of nitrogens with zero attached hydrogens (tertiary/aromatic N) is 1. The molecule has 0 saturated carbocycles. The Morgan fingerprint density at radius 1 is 1.04 bits per heavy atom. The number of benzene rings is 2. The molecule has 2 aromatic rings. The summed E-state index contributed by atoms with van der Waals surface area (Å²) in [5.74, 6) is 2.60. The van der Waals surface area contributed by atoms with Gasteiger partial charge in [-0.05, 0) is 49.4 Å². The van der Waals surface area contributed by atoms with Gasteiger partial charge in [0, 0.05) is 13.1 Å². The van der Waals surface area contributed by atoms with E-state index in [9.17, 15) is 0 Å². The third-order valence-electron chi connectivity index (χ3n) is 3.98. The molecule has 25 heavy (non-hydrogen) atoms. The van der Waals surface area contributed by atoms with Gasteiger partial charge in [0.05, 0.1) is 6.61 Å². The quantitative estimate of drug-likeness (QED) is 0.763. The van der Waals surface area contributed by atoms with Crippen molar-refractivity contribution >= 4 is 6.08 Å². The highest BCUT2D eigenvalue weighted by molar-refractivity contribution is 5.50.